The summed E-state index contributed by atoms with van der Waals surface area (Å²) in [6, 6.07) is 84.8. The predicted molar refractivity (Wildman–Crippen MR) is 314 cm³/mol. The monoisotopic (exact) mass is 914 g/mol. The number of hydrogen-bond donors (Lipinski definition) is 0. The van der Waals surface area contributed by atoms with Crippen molar-refractivity contribution in [1.82, 2.24) is 0 Å². The summed E-state index contributed by atoms with van der Waals surface area (Å²) in [6.45, 7) is 16.5. The van der Waals surface area contributed by atoms with E-state index in [0.29, 0.717) is 0 Å². The lowest BCUT2D eigenvalue weighted by Gasteiger charge is -2.24. The van der Waals surface area contributed by atoms with Crippen LogP contribution >= 0.6 is 0 Å². The summed E-state index contributed by atoms with van der Waals surface area (Å²) in [6.07, 6.45) is 7.71. The van der Waals surface area contributed by atoms with E-state index in [1.807, 2.05) is 24.3 Å². The summed E-state index contributed by atoms with van der Waals surface area (Å²) in [5.74, 6) is 0. The van der Waals surface area contributed by atoms with Crippen molar-refractivity contribution in [3.63, 3.8) is 0 Å². The molecule has 0 spiro atoms. The minimum absolute atomic E-state index is 1.09. The molecule has 0 bridgehead atoms. The van der Waals surface area contributed by atoms with Gasteiger partial charge in [0.05, 0.1) is 0 Å². The number of hydrogen-bond acceptors (Lipinski definition) is 0. The molecule has 0 aliphatic carbocycles. The predicted octanol–water partition coefficient (Wildman–Crippen LogP) is 20.5. The third-order valence-corrected chi connectivity index (χ3v) is 14.5. The van der Waals surface area contributed by atoms with E-state index in [4.69, 9.17) is 0 Å². The van der Waals surface area contributed by atoms with Gasteiger partial charge in [-0.05, 0) is 180 Å². The Balaban J connectivity index is 1.25. The Bertz CT molecular complexity index is 3590. The van der Waals surface area contributed by atoms with Crippen molar-refractivity contribution in [1.29, 1.82) is 0 Å². The lowest BCUT2D eigenvalue weighted by Crippen LogP contribution is -1.97. The van der Waals surface area contributed by atoms with Crippen molar-refractivity contribution < 1.29 is 0 Å². The van der Waals surface area contributed by atoms with Gasteiger partial charge in [0.15, 0.2) is 0 Å². The minimum Gasteiger partial charge on any atom is -0.0985 e. The second kappa shape index (κ2) is 18.5. The van der Waals surface area contributed by atoms with E-state index in [1.54, 1.807) is 0 Å². The Kier molecular flexibility index (Phi) is 11.3. The Morgan fingerprint density at radius 2 is 0.417 bits per heavy atom. The second-order valence-electron chi connectivity index (χ2n) is 18.5. The lowest BCUT2D eigenvalue weighted by atomic mass is 9.79. The van der Waals surface area contributed by atoms with E-state index in [-0.39, 0.29) is 0 Å². The zero-order valence-corrected chi connectivity index (χ0v) is 40.1. The first-order chi connectivity index (χ1) is 35.5. The summed E-state index contributed by atoms with van der Waals surface area (Å²) in [5, 5.41) is 7.28. The third-order valence-electron chi connectivity index (χ3n) is 14.5. The molecule has 0 heteroatoms. The molecule has 0 saturated heterocycles. The maximum absolute atomic E-state index is 4.13. The Hall–Kier alpha value is -9.36. The molecule has 0 aliphatic heterocycles. The summed E-state index contributed by atoms with van der Waals surface area (Å²) in [5.41, 5.74) is 23.0. The quantitative estimate of drug-likeness (QED) is 0.107. The van der Waals surface area contributed by atoms with Crippen molar-refractivity contribution in [3.8, 4) is 89.0 Å². The Morgan fingerprint density at radius 1 is 0.194 bits per heavy atom. The highest BCUT2D eigenvalue weighted by molar-refractivity contribution is 6.33. The van der Waals surface area contributed by atoms with Crippen molar-refractivity contribution >= 4 is 56.6 Å². The maximum atomic E-state index is 4.13. The zero-order valence-electron chi connectivity index (χ0n) is 40.1. The van der Waals surface area contributed by atoms with Gasteiger partial charge in [-0.15, -0.1) is 0 Å². The third kappa shape index (κ3) is 7.58. The van der Waals surface area contributed by atoms with Crippen LogP contribution in [0.3, 0.4) is 0 Å². The molecule has 12 aromatic carbocycles. The molecule has 72 heavy (non-hydrogen) atoms. The van der Waals surface area contributed by atoms with Crippen molar-refractivity contribution in [2.75, 3.05) is 0 Å². The van der Waals surface area contributed by atoms with Gasteiger partial charge in [0, 0.05) is 0 Å². The van der Waals surface area contributed by atoms with Gasteiger partial charge in [0.25, 0.3) is 0 Å². The van der Waals surface area contributed by atoms with Crippen LogP contribution < -0.4 is 0 Å². The van der Waals surface area contributed by atoms with E-state index in [2.05, 4.69) is 257 Å². The first kappa shape index (κ1) is 43.9. The molecular formula is C72H50. The standard InChI is InChI=1S/C72H50/c1-5-47-21-17-25-51(41-47)55-29-9-13-33-59(55)67-45-68(60-34-14-10-30-56(60)52-26-18-22-48(6-2)42-52)64-39-40-66-70(62-36-16-12-32-58(62)54-28-20-24-50(8-4)44-54)46-69(65-38-37-63(67)71(64)72(65)66)61-35-15-11-31-57(61)53-27-19-23-49(7-3)43-53/h5-46H,1-4H2. The fraction of sp³-hybridized carbons (Fsp3) is 0. The smallest absolute Gasteiger partial charge is 0.00139 e. The summed E-state index contributed by atoms with van der Waals surface area (Å²) < 4.78 is 0. The highest BCUT2D eigenvalue weighted by Crippen LogP contribution is 2.52. The molecule has 0 aromatic heterocycles. The summed E-state index contributed by atoms with van der Waals surface area (Å²) in [4.78, 5) is 0. The topological polar surface area (TPSA) is 0 Å². The van der Waals surface area contributed by atoms with E-state index in [0.717, 1.165) is 44.5 Å². The molecule has 12 aromatic rings. The Labute approximate surface area is 422 Å². The van der Waals surface area contributed by atoms with Gasteiger partial charge in [0.2, 0.25) is 0 Å². The molecule has 338 valence electrons. The van der Waals surface area contributed by atoms with Gasteiger partial charge < -0.3 is 0 Å². The van der Waals surface area contributed by atoms with Crippen LogP contribution in [-0.2, 0) is 0 Å². The van der Waals surface area contributed by atoms with Crippen LogP contribution in [-0.4, -0.2) is 0 Å². The van der Waals surface area contributed by atoms with Gasteiger partial charge >= 0.3 is 0 Å². The van der Waals surface area contributed by atoms with E-state index < -0.39 is 0 Å². The average Bonchev–Trinajstić information content (AvgIpc) is 3.46. The van der Waals surface area contributed by atoms with Crippen LogP contribution in [0.5, 0.6) is 0 Å². The summed E-state index contributed by atoms with van der Waals surface area (Å²) in [7, 11) is 0. The molecule has 0 saturated carbocycles. The van der Waals surface area contributed by atoms with E-state index in [1.165, 1.54) is 99.1 Å². The molecule has 0 heterocycles. The maximum Gasteiger partial charge on any atom is -0.00139 e. The highest BCUT2D eigenvalue weighted by Gasteiger charge is 2.25. The molecule has 0 atom stereocenters. The fourth-order valence-electron chi connectivity index (χ4n) is 11.1. The molecule has 0 amide bonds. The largest absolute Gasteiger partial charge is 0.0985 e. The first-order valence-corrected chi connectivity index (χ1v) is 24.6. The zero-order chi connectivity index (χ0) is 48.7. The molecular weight excluding hydrogens is 865 g/mol. The van der Waals surface area contributed by atoms with Gasteiger partial charge in [-0.3, -0.25) is 0 Å². The molecule has 0 N–H and O–H groups in total. The van der Waals surface area contributed by atoms with Crippen molar-refractivity contribution in [3.05, 3.63) is 279 Å². The molecule has 0 fully saturated rings. The van der Waals surface area contributed by atoms with Crippen LogP contribution in [0, 0.1) is 0 Å². The SMILES string of the molecule is C=Cc1cccc(-c2ccccc2-c2cc(-c3ccccc3-c3cccc(C=C)c3)c3ccc4c(-c5ccccc5-c5cccc(C=C)c5)cc(-c5ccccc5-c5cccc(C=C)c5)c5ccc2c3c54)c1. The number of rotatable bonds is 12. The van der Waals surface area contributed by atoms with Crippen LogP contribution in [0.15, 0.2) is 257 Å². The molecule has 0 aliphatic rings. The van der Waals surface area contributed by atoms with Gasteiger partial charge in [0.1, 0.15) is 0 Å². The van der Waals surface area contributed by atoms with Crippen LogP contribution in [0.1, 0.15) is 22.3 Å². The van der Waals surface area contributed by atoms with E-state index in [9.17, 15) is 0 Å². The highest BCUT2D eigenvalue weighted by atomic mass is 14.3. The van der Waals surface area contributed by atoms with Gasteiger partial charge in [-0.1, -0.05) is 245 Å². The molecule has 12 rings (SSSR count). The van der Waals surface area contributed by atoms with E-state index >= 15 is 0 Å². The average molecular weight is 915 g/mol. The minimum atomic E-state index is 1.09. The summed E-state index contributed by atoms with van der Waals surface area (Å²) >= 11 is 0. The van der Waals surface area contributed by atoms with Crippen LogP contribution in [0.4, 0.5) is 0 Å². The molecule has 0 nitrogen and oxygen atoms in total. The normalized spacial score (nSPS) is 11.3. The van der Waals surface area contributed by atoms with Crippen LogP contribution in [0.2, 0.25) is 0 Å². The molecule has 0 unspecified atom stereocenters. The van der Waals surface area contributed by atoms with Gasteiger partial charge in [-0.2, -0.15) is 0 Å². The molecule has 0 radical (unpaired) electrons. The van der Waals surface area contributed by atoms with Crippen molar-refractivity contribution in [2.24, 2.45) is 0 Å². The van der Waals surface area contributed by atoms with Crippen molar-refractivity contribution in [2.45, 2.75) is 0 Å². The van der Waals surface area contributed by atoms with Crippen LogP contribution in [0.25, 0.3) is 146 Å². The fourth-order valence-corrected chi connectivity index (χ4v) is 11.1. The first-order valence-electron chi connectivity index (χ1n) is 24.6. The van der Waals surface area contributed by atoms with Gasteiger partial charge in [-0.25, -0.2) is 0 Å². The Morgan fingerprint density at radius 3 is 0.639 bits per heavy atom. The number of benzene rings is 12. The lowest BCUT2D eigenvalue weighted by molar-refractivity contribution is 1.57. The second-order valence-corrected chi connectivity index (χ2v) is 18.5.